The fourth-order valence-electron chi connectivity index (χ4n) is 2.71. The van der Waals surface area contributed by atoms with Crippen molar-refractivity contribution < 1.29 is 14.3 Å². The molecule has 0 radical (unpaired) electrons. The Morgan fingerprint density at radius 3 is 2.38 bits per heavy atom. The van der Waals surface area contributed by atoms with E-state index in [1.807, 2.05) is 51.1 Å². The maximum Gasteiger partial charge on any atom is 0.355 e. The minimum atomic E-state index is -0.363. The molecule has 2 rings (SSSR count). The first-order chi connectivity index (χ1) is 11.5. The Morgan fingerprint density at radius 1 is 1.12 bits per heavy atom. The number of rotatable bonds is 6. The average molecular weight is 328 g/mol. The van der Waals surface area contributed by atoms with Gasteiger partial charge in [-0.25, -0.2) is 4.79 Å². The van der Waals surface area contributed by atoms with Crippen molar-refractivity contribution in [2.24, 2.45) is 0 Å². The van der Waals surface area contributed by atoms with Crippen molar-refractivity contribution in [2.75, 3.05) is 11.5 Å². The van der Waals surface area contributed by atoms with E-state index in [0.29, 0.717) is 25.3 Å². The van der Waals surface area contributed by atoms with Gasteiger partial charge in [-0.3, -0.25) is 4.79 Å². The van der Waals surface area contributed by atoms with E-state index < -0.39 is 0 Å². The van der Waals surface area contributed by atoms with E-state index in [2.05, 4.69) is 4.98 Å². The van der Waals surface area contributed by atoms with Gasteiger partial charge in [0.1, 0.15) is 5.69 Å². The summed E-state index contributed by atoms with van der Waals surface area (Å²) in [5.74, 6) is -0.323. The number of anilines is 1. The number of benzene rings is 1. The SMILES string of the molecule is CCOC(=O)c1[nH]c(C)c(CN(C(=O)CC)c2ccccc2)c1C. The van der Waals surface area contributed by atoms with E-state index in [9.17, 15) is 9.59 Å². The van der Waals surface area contributed by atoms with Gasteiger partial charge in [-0.1, -0.05) is 25.1 Å². The van der Waals surface area contributed by atoms with Crippen LogP contribution in [0.5, 0.6) is 0 Å². The summed E-state index contributed by atoms with van der Waals surface area (Å²) in [6.45, 7) is 8.16. The lowest BCUT2D eigenvalue weighted by atomic mass is 10.1. The summed E-state index contributed by atoms with van der Waals surface area (Å²) in [5.41, 5.74) is 3.96. The Balaban J connectivity index is 2.37. The van der Waals surface area contributed by atoms with Gasteiger partial charge in [0, 0.05) is 17.8 Å². The Kier molecular flexibility index (Phi) is 5.79. The normalized spacial score (nSPS) is 10.5. The number of aromatic nitrogens is 1. The number of nitrogens with zero attached hydrogens (tertiary/aromatic N) is 1. The molecule has 1 aromatic carbocycles. The molecule has 0 aliphatic rings. The molecule has 0 saturated carbocycles. The number of carbonyl (C=O) groups excluding carboxylic acids is 2. The summed E-state index contributed by atoms with van der Waals surface area (Å²) < 4.78 is 5.08. The Hall–Kier alpha value is -2.56. The number of aryl methyl sites for hydroxylation is 1. The van der Waals surface area contributed by atoms with Crippen LogP contribution in [0, 0.1) is 13.8 Å². The van der Waals surface area contributed by atoms with Crippen LogP contribution < -0.4 is 4.90 Å². The molecule has 1 amide bonds. The topological polar surface area (TPSA) is 62.4 Å². The second-order valence-electron chi connectivity index (χ2n) is 5.62. The van der Waals surface area contributed by atoms with Crippen LogP contribution in [0.1, 0.15) is 47.6 Å². The van der Waals surface area contributed by atoms with E-state index >= 15 is 0 Å². The smallest absolute Gasteiger partial charge is 0.355 e. The lowest BCUT2D eigenvalue weighted by molar-refractivity contribution is -0.118. The summed E-state index contributed by atoms with van der Waals surface area (Å²) in [5, 5.41) is 0. The van der Waals surface area contributed by atoms with Crippen LogP contribution in [0.4, 0.5) is 5.69 Å². The molecule has 24 heavy (non-hydrogen) atoms. The second-order valence-corrected chi connectivity index (χ2v) is 5.62. The third-order valence-electron chi connectivity index (χ3n) is 4.06. The maximum atomic E-state index is 12.4. The van der Waals surface area contributed by atoms with E-state index in [-0.39, 0.29) is 11.9 Å². The lowest BCUT2D eigenvalue weighted by Gasteiger charge is -2.23. The number of esters is 1. The molecule has 1 aromatic heterocycles. The summed E-state index contributed by atoms with van der Waals surface area (Å²) >= 11 is 0. The first kappa shape index (κ1) is 17.8. The zero-order chi connectivity index (χ0) is 17.7. The van der Waals surface area contributed by atoms with Crippen molar-refractivity contribution >= 4 is 17.6 Å². The molecule has 128 valence electrons. The van der Waals surface area contributed by atoms with Gasteiger partial charge in [-0.15, -0.1) is 0 Å². The van der Waals surface area contributed by atoms with Gasteiger partial charge in [0.05, 0.1) is 13.2 Å². The monoisotopic (exact) mass is 328 g/mol. The fourth-order valence-corrected chi connectivity index (χ4v) is 2.71. The first-order valence-electron chi connectivity index (χ1n) is 8.20. The van der Waals surface area contributed by atoms with Crippen LogP contribution in [0.25, 0.3) is 0 Å². The molecule has 0 unspecified atom stereocenters. The van der Waals surface area contributed by atoms with E-state index in [0.717, 1.165) is 22.5 Å². The minimum Gasteiger partial charge on any atom is -0.461 e. The first-order valence-corrected chi connectivity index (χ1v) is 8.20. The number of amides is 1. The molecule has 0 bridgehead atoms. The van der Waals surface area contributed by atoms with Crippen molar-refractivity contribution in [1.29, 1.82) is 0 Å². The van der Waals surface area contributed by atoms with E-state index in [4.69, 9.17) is 4.74 Å². The zero-order valence-corrected chi connectivity index (χ0v) is 14.7. The van der Waals surface area contributed by atoms with Crippen LogP contribution in [-0.4, -0.2) is 23.5 Å². The van der Waals surface area contributed by atoms with Gasteiger partial charge < -0.3 is 14.6 Å². The van der Waals surface area contributed by atoms with Gasteiger partial charge in [0.2, 0.25) is 5.91 Å². The molecule has 5 nitrogen and oxygen atoms in total. The number of nitrogens with one attached hydrogen (secondary N) is 1. The van der Waals surface area contributed by atoms with Crippen LogP contribution in [0.2, 0.25) is 0 Å². The Labute approximate surface area is 142 Å². The van der Waals surface area contributed by atoms with Crippen LogP contribution >= 0.6 is 0 Å². The molecule has 0 saturated heterocycles. The highest BCUT2D eigenvalue weighted by molar-refractivity contribution is 5.93. The number of hydrogen-bond donors (Lipinski definition) is 1. The minimum absolute atomic E-state index is 0.0406. The largest absolute Gasteiger partial charge is 0.461 e. The van der Waals surface area contributed by atoms with Crippen molar-refractivity contribution in [1.82, 2.24) is 4.98 Å². The van der Waals surface area contributed by atoms with E-state index in [1.54, 1.807) is 11.8 Å². The molecule has 0 aliphatic heterocycles. The van der Waals surface area contributed by atoms with Gasteiger partial charge in [-0.2, -0.15) is 0 Å². The third-order valence-corrected chi connectivity index (χ3v) is 4.06. The summed E-state index contributed by atoms with van der Waals surface area (Å²) in [4.78, 5) is 29.3. The highest BCUT2D eigenvalue weighted by Gasteiger charge is 2.22. The molecular formula is C19H24N2O3. The standard InChI is InChI=1S/C19H24N2O3/c1-5-17(22)21(15-10-8-7-9-11-15)12-16-13(3)18(20-14(16)4)19(23)24-6-2/h7-11,20H,5-6,12H2,1-4H3. The fraction of sp³-hybridized carbons (Fsp3) is 0.368. The third kappa shape index (κ3) is 3.67. The van der Waals surface area contributed by atoms with Gasteiger partial charge in [-0.05, 0) is 44.0 Å². The van der Waals surface area contributed by atoms with Crippen molar-refractivity contribution in [3.8, 4) is 0 Å². The van der Waals surface area contributed by atoms with Crippen molar-refractivity contribution in [3.63, 3.8) is 0 Å². The zero-order valence-electron chi connectivity index (χ0n) is 14.7. The highest BCUT2D eigenvalue weighted by Crippen LogP contribution is 2.24. The highest BCUT2D eigenvalue weighted by atomic mass is 16.5. The second kappa shape index (κ2) is 7.81. The van der Waals surface area contributed by atoms with E-state index in [1.165, 1.54) is 0 Å². The molecule has 1 N–H and O–H groups in total. The predicted octanol–water partition coefficient (Wildman–Crippen LogP) is 3.75. The lowest BCUT2D eigenvalue weighted by Crippen LogP contribution is -2.30. The molecule has 0 fully saturated rings. The van der Waals surface area contributed by atoms with Gasteiger partial charge >= 0.3 is 5.97 Å². The van der Waals surface area contributed by atoms with Crippen LogP contribution in [0.3, 0.4) is 0 Å². The molecule has 2 aromatic rings. The number of hydrogen-bond acceptors (Lipinski definition) is 3. The number of H-pyrrole nitrogens is 1. The molecule has 5 heteroatoms. The molecule has 0 spiro atoms. The molecule has 0 atom stereocenters. The number of para-hydroxylation sites is 1. The average Bonchev–Trinajstić information content (AvgIpc) is 2.87. The maximum absolute atomic E-state index is 12.4. The summed E-state index contributed by atoms with van der Waals surface area (Å²) in [6, 6.07) is 9.57. The van der Waals surface area contributed by atoms with Crippen LogP contribution in [-0.2, 0) is 16.1 Å². The Bertz CT molecular complexity index is 720. The molecular weight excluding hydrogens is 304 g/mol. The quantitative estimate of drug-likeness (QED) is 0.821. The number of aromatic amines is 1. The van der Waals surface area contributed by atoms with Crippen LogP contribution in [0.15, 0.2) is 30.3 Å². The summed E-state index contributed by atoms with van der Waals surface area (Å²) in [6.07, 6.45) is 0.419. The van der Waals surface area contributed by atoms with Crippen molar-refractivity contribution in [2.45, 2.75) is 40.7 Å². The van der Waals surface area contributed by atoms with Gasteiger partial charge in [0.15, 0.2) is 0 Å². The Morgan fingerprint density at radius 2 is 1.79 bits per heavy atom. The molecule has 0 aliphatic carbocycles. The number of ether oxygens (including phenoxy) is 1. The van der Waals surface area contributed by atoms with Gasteiger partial charge in [0.25, 0.3) is 0 Å². The summed E-state index contributed by atoms with van der Waals surface area (Å²) in [7, 11) is 0. The number of carbonyl (C=O) groups is 2. The van der Waals surface area contributed by atoms with Crippen molar-refractivity contribution in [3.05, 3.63) is 52.8 Å². The predicted molar refractivity (Wildman–Crippen MR) is 94.1 cm³/mol. The molecule has 1 heterocycles.